The Kier molecular flexibility index (Phi) is 9.11. The van der Waals surface area contributed by atoms with Gasteiger partial charge in [-0.2, -0.15) is 0 Å². The summed E-state index contributed by atoms with van der Waals surface area (Å²) in [6.45, 7) is -0.539. The second-order valence-electron chi connectivity index (χ2n) is 9.39. The zero-order chi connectivity index (χ0) is 31.2. The third-order valence-electron chi connectivity index (χ3n) is 6.71. The molecule has 0 bridgehead atoms. The van der Waals surface area contributed by atoms with Crippen molar-refractivity contribution in [2.45, 2.75) is 0 Å². The molecule has 0 radical (unpaired) electrons. The van der Waals surface area contributed by atoms with E-state index >= 15 is 0 Å². The minimum Gasteiger partial charge on any atom is -0.497 e. The minimum absolute atomic E-state index is 0.211. The van der Waals surface area contributed by atoms with Gasteiger partial charge in [-0.1, -0.05) is 11.6 Å². The van der Waals surface area contributed by atoms with Crippen molar-refractivity contribution in [3.8, 4) is 45.5 Å². The predicted octanol–water partition coefficient (Wildman–Crippen LogP) is 6.45. The SMILES string of the molecule is COc1ccc(-c2nc3ccc(C(=O)OCC(=O)Nc4cc(Cl)c(OC)cc4OC)cc3nc2-c2ccc(OC)cc2)cc1. The van der Waals surface area contributed by atoms with Crippen LogP contribution in [0.4, 0.5) is 5.69 Å². The number of ether oxygens (including phenoxy) is 5. The number of carbonyl (C=O) groups excluding carboxylic acids is 2. The smallest absolute Gasteiger partial charge is 0.338 e. The van der Waals surface area contributed by atoms with Crippen LogP contribution in [0.15, 0.2) is 78.9 Å². The number of anilines is 1. The topological polar surface area (TPSA) is 118 Å². The van der Waals surface area contributed by atoms with Crippen LogP contribution in [-0.4, -0.2) is 56.9 Å². The van der Waals surface area contributed by atoms with Crippen molar-refractivity contribution < 1.29 is 33.3 Å². The Hall–Kier alpha value is -5.35. The number of methoxy groups -OCH3 is 4. The number of esters is 1. The molecule has 10 nitrogen and oxygen atoms in total. The van der Waals surface area contributed by atoms with E-state index in [4.69, 9.17) is 45.3 Å². The van der Waals surface area contributed by atoms with E-state index in [1.54, 1.807) is 38.5 Å². The summed E-state index contributed by atoms with van der Waals surface area (Å²) < 4.78 is 26.4. The van der Waals surface area contributed by atoms with Gasteiger partial charge in [0, 0.05) is 17.2 Å². The Morgan fingerprint density at radius 3 is 1.80 bits per heavy atom. The molecule has 0 saturated heterocycles. The highest BCUT2D eigenvalue weighted by Crippen LogP contribution is 2.36. The number of halogens is 1. The summed E-state index contributed by atoms with van der Waals surface area (Å²) in [5, 5.41) is 2.91. The lowest BCUT2D eigenvalue weighted by atomic mass is 10.0. The van der Waals surface area contributed by atoms with Crippen LogP contribution in [0.5, 0.6) is 23.0 Å². The second-order valence-corrected chi connectivity index (χ2v) is 9.80. The summed E-state index contributed by atoms with van der Waals surface area (Å²) in [5.41, 5.74) is 4.49. The molecule has 44 heavy (non-hydrogen) atoms. The summed E-state index contributed by atoms with van der Waals surface area (Å²) in [7, 11) is 6.12. The molecule has 0 saturated carbocycles. The molecule has 4 aromatic carbocycles. The average Bonchev–Trinajstić information content (AvgIpc) is 3.06. The standard InChI is InChI=1S/C33H28ClN3O7/c1-40-22-10-5-19(6-11-22)31-32(20-7-12-23(41-2)13-8-20)37-26-15-21(9-14-25(26)36-31)33(39)44-18-30(38)35-27-16-24(34)28(42-3)17-29(27)43-4/h5-17H,18H2,1-4H3,(H,35,38). The average molecular weight is 614 g/mol. The van der Waals surface area contributed by atoms with Crippen LogP contribution in [-0.2, 0) is 9.53 Å². The summed E-state index contributed by atoms with van der Waals surface area (Å²) in [5.74, 6) is 0.867. The number of nitrogens with zero attached hydrogens (tertiary/aromatic N) is 2. The van der Waals surface area contributed by atoms with Gasteiger partial charge in [0.05, 0.1) is 67.1 Å². The molecular formula is C33H28ClN3O7. The Balaban J connectivity index is 1.40. The van der Waals surface area contributed by atoms with Crippen molar-refractivity contribution in [2.24, 2.45) is 0 Å². The predicted molar refractivity (Wildman–Crippen MR) is 167 cm³/mol. The van der Waals surface area contributed by atoms with Gasteiger partial charge in [-0.3, -0.25) is 4.79 Å². The Bertz CT molecular complexity index is 1830. The number of rotatable bonds is 10. The fraction of sp³-hybridized carbons (Fsp3) is 0.152. The molecular weight excluding hydrogens is 586 g/mol. The Morgan fingerprint density at radius 1 is 0.682 bits per heavy atom. The second kappa shape index (κ2) is 13.3. The molecule has 5 aromatic rings. The molecule has 1 aromatic heterocycles. The van der Waals surface area contributed by atoms with E-state index in [0.717, 1.165) is 16.9 Å². The van der Waals surface area contributed by atoms with Crippen LogP contribution >= 0.6 is 11.6 Å². The zero-order valence-electron chi connectivity index (χ0n) is 24.3. The zero-order valence-corrected chi connectivity index (χ0v) is 25.1. The van der Waals surface area contributed by atoms with Gasteiger partial charge in [-0.05, 0) is 72.8 Å². The lowest BCUT2D eigenvalue weighted by Crippen LogP contribution is -2.21. The number of amides is 1. The molecule has 0 spiro atoms. The quantitative estimate of drug-likeness (QED) is 0.177. The number of benzene rings is 4. The van der Waals surface area contributed by atoms with Crippen molar-refractivity contribution >= 4 is 40.2 Å². The molecule has 1 heterocycles. The van der Waals surface area contributed by atoms with Gasteiger partial charge in [-0.25, -0.2) is 14.8 Å². The van der Waals surface area contributed by atoms with Crippen molar-refractivity contribution in [3.63, 3.8) is 0 Å². The first-order valence-electron chi connectivity index (χ1n) is 13.3. The third kappa shape index (κ3) is 6.50. The molecule has 0 aliphatic carbocycles. The van der Waals surface area contributed by atoms with Crippen LogP contribution in [0.3, 0.4) is 0 Å². The third-order valence-corrected chi connectivity index (χ3v) is 7.00. The van der Waals surface area contributed by atoms with E-state index in [0.29, 0.717) is 45.4 Å². The molecule has 0 aliphatic heterocycles. The highest BCUT2D eigenvalue weighted by atomic mass is 35.5. The number of carbonyl (C=O) groups is 2. The van der Waals surface area contributed by atoms with Gasteiger partial charge < -0.3 is 29.0 Å². The first-order valence-corrected chi connectivity index (χ1v) is 13.7. The van der Waals surface area contributed by atoms with Gasteiger partial charge in [0.2, 0.25) is 0 Å². The largest absolute Gasteiger partial charge is 0.497 e. The van der Waals surface area contributed by atoms with Crippen LogP contribution in [0.2, 0.25) is 5.02 Å². The molecule has 0 atom stereocenters. The number of hydrogen-bond donors (Lipinski definition) is 1. The fourth-order valence-corrected chi connectivity index (χ4v) is 4.68. The molecule has 0 fully saturated rings. The summed E-state index contributed by atoms with van der Waals surface area (Å²) in [6, 6.07) is 22.9. The van der Waals surface area contributed by atoms with Crippen molar-refractivity contribution in [1.29, 1.82) is 0 Å². The number of nitrogens with one attached hydrogen (secondary N) is 1. The highest BCUT2D eigenvalue weighted by molar-refractivity contribution is 6.32. The molecule has 224 valence electrons. The maximum absolute atomic E-state index is 12.9. The van der Waals surface area contributed by atoms with Crippen LogP contribution in [0.1, 0.15) is 10.4 Å². The van der Waals surface area contributed by atoms with E-state index in [1.165, 1.54) is 20.3 Å². The van der Waals surface area contributed by atoms with Gasteiger partial charge in [0.25, 0.3) is 5.91 Å². The molecule has 5 rings (SSSR count). The number of aromatic nitrogens is 2. The summed E-state index contributed by atoms with van der Waals surface area (Å²) in [6.07, 6.45) is 0. The van der Waals surface area contributed by atoms with E-state index in [1.807, 2.05) is 48.5 Å². The normalized spacial score (nSPS) is 10.7. The maximum Gasteiger partial charge on any atom is 0.338 e. The number of fused-ring (bicyclic) bond motifs is 1. The first kappa shape index (κ1) is 30.1. The van der Waals surface area contributed by atoms with Crippen molar-refractivity contribution in [1.82, 2.24) is 9.97 Å². The van der Waals surface area contributed by atoms with Crippen LogP contribution in [0, 0.1) is 0 Å². The maximum atomic E-state index is 12.9. The van der Waals surface area contributed by atoms with Gasteiger partial charge >= 0.3 is 5.97 Å². The fourth-order valence-electron chi connectivity index (χ4n) is 4.44. The Labute approximate surface area is 258 Å². The van der Waals surface area contributed by atoms with Crippen molar-refractivity contribution in [2.75, 3.05) is 40.4 Å². The van der Waals surface area contributed by atoms with E-state index in [-0.39, 0.29) is 10.6 Å². The van der Waals surface area contributed by atoms with E-state index in [9.17, 15) is 9.59 Å². The highest BCUT2D eigenvalue weighted by Gasteiger charge is 2.18. The molecule has 0 aliphatic rings. The molecule has 1 amide bonds. The first-order chi connectivity index (χ1) is 21.3. The molecule has 11 heteroatoms. The summed E-state index contributed by atoms with van der Waals surface area (Å²) >= 11 is 6.18. The Morgan fingerprint density at radius 2 is 1.25 bits per heavy atom. The van der Waals surface area contributed by atoms with Crippen molar-refractivity contribution in [3.05, 3.63) is 89.4 Å². The summed E-state index contributed by atoms with van der Waals surface area (Å²) in [4.78, 5) is 35.3. The van der Waals surface area contributed by atoms with Gasteiger partial charge in [0.1, 0.15) is 23.0 Å². The van der Waals surface area contributed by atoms with Gasteiger partial charge in [-0.15, -0.1) is 0 Å². The minimum atomic E-state index is -0.700. The molecule has 1 N–H and O–H groups in total. The lowest BCUT2D eigenvalue weighted by Gasteiger charge is -2.13. The van der Waals surface area contributed by atoms with Crippen LogP contribution < -0.4 is 24.3 Å². The van der Waals surface area contributed by atoms with Crippen LogP contribution in [0.25, 0.3) is 33.5 Å². The number of hydrogen-bond acceptors (Lipinski definition) is 9. The monoisotopic (exact) mass is 613 g/mol. The van der Waals surface area contributed by atoms with E-state index in [2.05, 4.69) is 5.32 Å². The molecule has 0 unspecified atom stereocenters. The lowest BCUT2D eigenvalue weighted by molar-refractivity contribution is -0.119. The van der Waals surface area contributed by atoms with E-state index < -0.39 is 18.5 Å². The van der Waals surface area contributed by atoms with Gasteiger partial charge in [0.15, 0.2) is 6.61 Å².